The van der Waals surface area contributed by atoms with Crippen LogP contribution in [0.5, 0.6) is 0 Å². The smallest absolute Gasteiger partial charge is 0.156 e. The molecule has 2 unspecified atom stereocenters. The summed E-state index contributed by atoms with van der Waals surface area (Å²) in [6, 6.07) is 0. The summed E-state index contributed by atoms with van der Waals surface area (Å²) < 4.78 is 0.0716. The zero-order valence-corrected chi connectivity index (χ0v) is 13.7. The lowest BCUT2D eigenvalue weighted by molar-refractivity contribution is -0.104. The highest BCUT2D eigenvalue weighted by Gasteiger charge is 2.58. The van der Waals surface area contributed by atoms with Crippen molar-refractivity contribution in [3.8, 4) is 0 Å². The zero-order valence-electron chi connectivity index (χ0n) is 12.1. The van der Waals surface area contributed by atoms with E-state index in [-0.39, 0.29) is 9.49 Å². The molecular weight excluding hydrogens is 284 g/mol. The van der Waals surface area contributed by atoms with Crippen LogP contribution in [-0.4, -0.2) is 15.8 Å². The van der Waals surface area contributed by atoms with E-state index in [4.69, 9.17) is 0 Å². The van der Waals surface area contributed by atoms with Crippen LogP contribution in [0.1, 0.15) is 40.0 Å². The minimum atomic E-state index is 0.000671. The number of hydrogen-bond acceptors (Lipinski definition) is 3. The third kappa shape index (κ3) is 1.36. The first kappa shape index (κ1) is 13.0. The van der Waals surface area contributed by atoms with Crippen LogP contribution in [0.15, 0.2) is 44.3 Å². The lowest BCUT2D eigenvalue weighted by Gasteiger charge is -2.47. The Bertz CT molecular complexity index is 664. The van der Waals surface area contributed by atoms with Gasteiger partial charge >= 0.3 is 0 Å². The van der Waals surface area contributed by atoms with E-state index in [1.807, 2.05) is 11.8 Å². The second-order valence-electron chi connectivity index (χ2n) is 6.33. The Morgan fingerprint density at radius 2 is 1.65 bits per heavy atom. The first-order valence-corrected chi connectivity index (χ1v) is 8.84. The topological polar surface area (TPSA) is 17.1 Å². The van der Waals surface area contributed by atoms with Crippen LogP contribution >= 0.6 is 23.5 Å². The van der Waals surface area contributed by atoms with E-state index in [1.54, 1.807) is 17.3 Å². The molecule has 0 aromatic carbocycles. The van der Waals surface area contributed by atoms with Crippen molar-refractivity contribution in [1.82, 2.24) is 0 Å². The van der Waals surface area contributed by atoms with Crippen LogP contribution in [-0.2, 0) is 4.79 Å². The van der Waals surface area contributed by atoms with Crippen molar-refractivity contribution >= 4 is 29.8 Å². The Hall–Kier alpha value is -0.670. The third-order valence-electron chi connectivity index (χ3n) is 5.24. The van der Waals surface area contributed by atoms with Gasteiger partial charge in [-0.3, -0.25) is 4.79 Å². The van der Waals surface area contributed by atoms with E-state index in [9.17, 15) is 4.79 Å². The molecule has 2 heterocycles. The number of allylic oxidation sites excluding steroid dienone is 6. The maximum atomic E-state index is 11.3. The second kappa shape index (κ2) is 3.95. The SMILES string of the molecule is CC1=CC2=C3CCCC3=C3C=C(C=O)SC3(C)C2(C)S1. The molecule has 104 valence electrons. The van der Waals surface area contributed by atoms with Gasteiger partial charge in [0.25, 0.3) is 0 Å². The van der Waals surface area contributed by atoms with Crippen LogP contribution in [0.25, 0.3) is 0 Å². The monoisotopic (exact) mass is 302 g/mol. The van der Waals surface area contributed by atoms with Crippen LogP contribution < -0.4 is 0 Å². The summed E-state index contributed by atoms with van der Waals surface area (Å²) in [6.45, 7) is 6.92. The second-order valence-corrected chi connectivity index (χ2v) is 9.48. The maximum Gasteiger partial charge on any atom is 0.156 e. The average molecular weight is 302 g/mol. The molecule has 1 saturated carbocycles. The standard InChI is InChI=1S/C17H18OS2/c1-10-7-14-12-5-4-6-13(12)15-8-11(9-18)20-17(15,3)16(14,2)19-10/h7-9H,4-6H2,1-3H3. The Morgan fingerprint density at radius 1 is 1.05 bits per heavy atom. The fourth-order valence-electron chi connectivity index (χ4n) is 4.20. The van der Waals surface area contributed by atoms with E-state index >= 15 is 0 Å². The summed E-state index contributed by atoms with van der Waals surface area (Å²) in [7, 11) is 0. The molecule has 1 fully saturated rings. The van der Waals surface area contributed by atoms with E-state index in [2.05, 4.69) is 32.9 Å². The molecule has 0 saturated heterocycles. The molecule has 3 heteroatoms. The summed E-state index contributed by atoms with van der Waals surface area (Å²) in [4.78, 5) is 13.6. The Labute approximate surface area is 128 Å². The van der Waals surface area contributed by atoms with E-state index < -0.39 is 0 Å². The van der Waals surface area contributed by atoms with Crippen LogP contribution in [0.2, 0.25) is 0 Å². The summed E-state index contributed by atoms with van der Waals surface area (Å²) in [5.41, 5.74) is 6.08. The first-order valence-electron chi connectivity index (χ1n) is 7.20. The summed E-state index contributed by atoms with van der Waals surface area (Å²) in [6.07, 6.45) is 9.23. The van der Waals surface area contributed by atoms with Gasteiger partial charge in [-0.25, -0.2) is 0 Å². The highest BCUT2D eigenvalue weighted by atomic mass is 32.2. The number of fused-ring (bicyclic) bond motifs is 4. The summed E-state index contributed by atoms with van der Waals surface area (Å²) >= 11 is 3.76. The van der Waals surface area contributed by atoms with Gasteiger partial charge in [0.1, 0.15) is 0 Å². The highest BCUT2D eigenvalue weighted by Crippen LogP contribution is 2.67. The molecule has 0 bridgehead atoms. The minimum absolute atomic E-state index is 0.000671. The highest BCUT2D eigenvalue weighted by molar-refractivity contribution is 8.09. The lowest BCUT2D eigenvalue weighted by atomic mass is 9.72. The van der Waals surface area contributed by atoms with Gasteiger partial charge in [0.2, 0.25) is 0 Å². The predicted molar refractivity (Wildman–Crippen MR) is 87.8 cm³/mol. The number of aldehydes is 1. The van der Waals surface area contributed by atoms with Gasteiger partial charge < -0.3 is 0 Å². The molecule has 2 atom stereocenters. The first-order chi connectivity index (χ1) is 9.49. The largest absolute Gasteiger partial charge is 0.297 e. The maximum absolute atomic E-state index is 11.3. The summed E-state index contributed by atoms with van der Waals surface area (Å²) in [5.74, 6) is 0. The van der Waals surface area contributed by atoms with Gasteiger partial charge in [0, 0.05) is 4.91 Å². The molecular formula is C17H18OS2. The third-order valence-corrected chi connectivity index (χ3v) is 8.34. The molecule has 0 radical (unpaired) electrons. The molecule has 1 nitrogen and oxygen atoms in total. The van der Waals surface area contributed by atoms with Crippen LogP contribution in [0.4, 0.5) is 0 Å². The van der Waals surface area contributed by atoms with Gasteiger partial charge in [-0.2, -0.15) is 0 Å². The number of carbonyl (C=O) groups excluding carboxylic acids is 1. The molecule has 0 aromatic rings. The van der Waals surface area contributed by atoms with Crippen molar-refractivity contribution in [2.75, 3.05) is 0 Å². The molecule has 0 aromatic heterocycles. The van der Waals surface area contributed by atoms with Crippen molar-refractivity contribution in [3.05, 3.63) is 44.3 Å². The van der Waals surface area contributed by atoms with E-state index in [0.717, 1.165) is 11.2 Å². The Morgan fingerprint density at radius 3 is 2.30 bits per heavy atom. The molecule has 2 aliphatic heterocycles. The fourth-order valence-corrected chi connectivity index (χ4v) is 7.16. The number of carbonyl (C=O) groups is 1. The van der Waals surface area contributed by atoms with Crippen molar-refractivity contribution < 1.29 is 4.79 Å². The van der Waals surface area contributed by atoms with Crippen molar-refractivity contribution in [2.24, 2.45) is 0 Å². The molecule has 0 amide bonds. The van der Waals surface area contributed by atoms with Crippen LogP contribution in [0, 0.1) is 0 Å². The van der Waals surface area contributed by atoms with E-state index in [1.165, 1.54) is 40.9 Å². The van der Waals surface area contributed by atoms with E-state index in [0.29, 0.717) is 0 Å². The number of thioether (sulfide) groups is 2. The quantitative estimate of drug-likeness (QED) is 0.649. The molecule has 0 spiro atoms. The lowest BCUT2D eigenvalue weighted by Crippen LogP contribution is -2.47. The van der Waals surface area contributed by atoms with Gasteiger partial charge in [0.05, 0.1) is 9.49 Å². The predicted octanol–water partition coefficient (Wildman–Crippen LogP) is 4.77. The minimum Gasteiger partial charge on any atom is -0.297 e. The average Bonchev–Trinajstić information content (AvgIpc) is 3.05. The normalized spacial score (nSPS) is 38.5. The molecule has 20 heavy (non-hydrogen) atoms. The summed E-state index contributed by atoms with van der Waals surface area (Å²) in [5, 5.41) is 0. The van der Waals surface area contributed by atoms with Gasteiger partial charge in [-0.05, 0) is 79.4 Å². The van der Waals surface area contributed by atoms with Gasteiger partial charge in [0.15, 0.2) is 6.29 Å². The zero-order chi connectivity index (χ0) is 14.1. The Balaban J connectivity index is 2.02. The van der Waals surface area contributed by atoms with Crippen LogP contribution in [0.3, 0.4) is 0 Å². The number of rotatable bonds is 1. The van der Waals surface area contributed by atoms with Crippen molar-refractivity contribution in [3.63, 3.8) is 0 Å². The molecule has 2 aliphatic carbocycles. The molecule has 0 N–H and O–H groups in total. The molecule has 4 aliphatic rings. The Kier molecular flexibility index (Phi) is 2.57. The fraction of sp³-hybridized carbons (Fsp3) is 0.471. The number of hydrogen-bond donors (Lipinski definition) is 0. The van der Waals surface area contributed by atoms with Crippen molar-refractivity contribution in [1.29, 1.82) is 0 Å². The molecule has 4 rings (SSSR count). The van der Waals surface area contributed by atoms with Crippen molar-refractivity contribution in [2.45, 2.75) is 49.5 Å². The van der Waals surface area contributed by atoms with Gasteiger partial charge in [-0.1, -0.05) is 0 Å². The van der Waals surface area contributed by atoms with Gasteiger partial charge in [-0.15, -0.1) is 23.5 Å².